The molecule has 21 aromatic rings. The summed E-state index contributed by atoms with van der Waals surface area (Å²) in [5, 5.41) is 25.6. The van der Waals surface area contributed by atoms with E-state index in [4.69, 9.17) is 29.9 Å². The number of hydrogen-bond donors (Lipinski definition) is 0. The first-order valence-corrected chi connectivity index (χ1v) is 35.0. The van der Waals surface area contributed by atoms with Crippen molar-refractivity contribution < 1.29 is 0 Å². The van der Waals surface area contributed by atoms with E-state index in [-0.39, 0.29) is 0 Å². The number of fused-ring (bicyclic) bond motifs is 21. The van der Waals surface area contributed by atoms with E-state index < -0.39 is 0 Å². The summed E-state index contributed by atoms with van der Waals surface area (Å²) in [6, 6.07) is 118. The maximum atomic E-state index is 5.64. The fourth-order valence-corrected chi connectivity index (χ4v) is 17.3. The monoisotopic (exact) mass is 1300 g/mol. The molecule has 0 spiro atoms. The van der Waals surface area contributed by atoms with Crippen LogP contribution in [0.15, 0.2) is 328 Å². The highest BCUT2D eigenvalue weighted by molar-refractivity contribution is 7.26. The van der Waals surface area contributed by atoms with Crippen molar-refractivity contribution in [3.8, 4) is 90.6 Å². The van der Waals surface area contributed by atoms with Crippen molar-refractivity contribution in [3.05, 3.63) is 328 Å². The van der Waals surface area contributed by atoms with Gasteiger partial charge in [0.15, 0.2) is 34.9 Å². The predicted octanol–water partition coefficient (Wildman–Crippen LogP) is 25.3. The molecule has 3 heterocycles. The molecule has 101 heavy (non-hydrogen) atoms. The Morgan fingerprint density at radius 1 is 0.178 bits per heavy atom. The lowest BCUT2D eigenvalue weighted by Gasteiger charge is -2.18. The lowest BCUT2D eigenvalue weighted by atomic mass is 9.85. The van der Waals surface area contributed by atoms with Crippen LogP contribution in [0.1, 0.15) is 0 Å². The topological polar surface area (TPSA) is 77.3 Å². The molecule has 0 unspecified atom stereocenters. The average molecular weight is 1300 g/mol. The number of thiophene rings is 1. The number of benzene rings is 18. The predicted molar refractivity (Wildman–Crippen MR) is 425 cm³/mol. The average Bonchev–Trinajstić information content (AvgIpc) is 1.35. The molecule has 3 aromatic heterocycles. The van der Waals surface area contributed by atoms with Crippen LogP contribution in [0.5, 0.6) is 0 Å². The molecule has 0 fully saturated rings. The molecule has 21 rings (SSSR count). The molecule has 0 bridgehead atoms. The van der Waals surface area contributed by atoms with Crippen LogP contribution in [-0.2, 0) is 0 Å². The molecule has 0 saturated carbocycles. The van der Waals surface area contributed by atoms with Crippen LogP contribution in [0.4, 0.5) is 0 Å². The Hall–Kier alpha value is -13.2. The summed E-state index contributed by atoms with van der Waals surface area (Å²) in [5.74, 6) is 3.69. The summed E-state index contributed by atoms with van der Waals surface area (Å²) in [5.41, 5.74) is 9.94. The summed E-state index contributed by atoms with van der Waals surface area (Å²) in [6.45, 7) is 0. The molecule has 0 atom stereocenters. The third kappa shape index (κ3) is 9.11. The second-order valence-electron chi connectivity index (χ2n) is 26.3. The Bertz CT molecular complexity index is 7000. The fourth-order valence-electron chi connectivity index (χ4n) is 16.1. The summed E-state index contributed by atoms with van der Waals surface area (Å²) in [7, 11) is 0. The van der Waals surface area contributed by atoms with Gasteiger partial charge in [0.2, 0.25) is 0 Å². The van der Waals surface area contributed by atoms with Gasteiger partial charge in [-0.2, -0.15) is 0 Å². The van der Waals surface area contributed by atoms with E-state index >= 15 is 0 Å². The zero-order chi connectivity index (χ0) is 66.2. The van der Waals surface area contributed by atoms with Crippen LogP contribution >= 0.6 is 11.3 Å². The molecule has 0 aliphatic carbocycles. The van der Waals surface area contributed by atoms with E-state index in [0.717, 1.165) is 114 Å². The van der Waals surface area contributed by atoms with Gasteiger partial charge >= 0.3 is 0 Å². The zero-order valence-corrected chi connectivity index (χ0v) is 55.1. The molecule has 0 aliphatic rings. The third-order valence-corrected chi connectivity index (χ3v) is 21.9. The SMILES string of the molecule is c1ccc(-c2nc(-c3c4ccccc4cc4ccccc34)nc(-c3cc4c5cc(-c6cc(-c7cccc(-c8nc(-c9ccccc9)nc(-c9cccc%10c9sc9ccccc9%10)n8)c7)c7ccc8c9ccccc9c9ccccc9c8c7c6)ccc5c5ccccc5c4c4ccccc34)n2)cc1. The molecule has 0 saturated heterocycles. The van der Waals surface area contributed by atoms with Gasteiger partial charge in [0, 0.05) is 53.6 Å². The molecular weight excluding hydrogens is 1250 g/mol. The maximum absolute atomic E-state index is 5.64. The second kappa shape index (κ2) is 22.7. The minimum atomic E-state index is 0.601. The molecule has 0 radical (unpaired) electrons. The first-order chi connectivity index (χ1) is 50.1. The minimum absolute atomic E-state index is 0.601. The van der Waals surface area contributed by atoms with Crippen molar-refractivity contribution in [2.45, 2.75) is 0 Å². The van der Waals surface area contributed by atoms with E-state index in [2.05, 4.69) is 303 Å². The smallest absolute Gasteiger partial charge is 0.165 e. The maximum Gasteiger partial charge on any atom is 0.165 e. The quantitative estimate of drug-likeness (QED) is 0.111. The number of aromatic nitrogens is 6. The Kier molecular flexibility index (Phi) is 12.8. The van der Waals surface area contributed by atoms with E-state index in [1.165, 1.54) is 69.3 Å². The lowest BCUT2D eigenvalue weighted by Crippen LogP contribution is -2.02. The van der Waals surface area contributed by atoms with Gasteiger partial charge < -0.3 is 0 Å². The summed E-state index contributed by atoms with van der Waals surface area (Å²) in [6.07, 6.45) is 0. The van der Waals surface area contributed by atoms with Gasteiger partial charge in [-0.15, -0.1) is 11.3 Å². The van der Waals surface area contributed by atoms with Crippen molar-refractivity contribution in [2.75, 3.05) is 0 Å². The fraction of sp³-hybridized carbons (Fsp3) is 0. The Balaban J connectivity index is 0.815. The van der Waals surface area contributed by atoms with Gasteiger partial charge in [-0.25, -0.2) is 29.9 Å². The van der Waals surface area contributed by atoms with Gasteiger partial charge in [0.05, 0.1) is 0 Å². The molecule has 6 nitrogen and oxygen atoms in total. The summed E-state index contributed by atoms with van der Waals surface area (Å²) in [4.78, 5) is 32.6. The molecular formula is C94H54N6S. The van der Waals surface area contributed by atoms with Crippen molar-refractivity contribution in [2.24, 2.45) is 0 Å². The summed E-state index contributed by atoms with van der Waals surface area (Å²) >= 11 is 1.78. The minimum Gasteiger partial charge on any atom is -0.208 e. The highest BCUT2D eigenvalue weighted by atomic mass is 32.1. The highest BCUT2D eigenvalue weighted by Crippen LogP contribution is 2.48. The van der Waals surface area contributed by atoms with Gasteiger partial charge in [-0.1, -0.05) is 279 Å². The standard InChI is InChI=1S/C94H54N6S/c1-3-23-55(24-4-1)89-95-91(98-92(96-89)78-43-22-42-77-72-38-19-20-44-84(72)101-88(77)78)61-30-21-29-60(50-61)79-52-62(53-81-71(79)47-48-76-67-35-12-11-33-65(67)66-34-13-16-39-73(66)86(76)81)57-45-46-70-68-36-14-17-40-74(68)85-75-41-18-15-37-69(75)83(54-82(85)80(70)51-57)93-97-90(56-25-5-2-6-26-56)99-94(100-93)87-63-31-9-7-27-58(63)49-59-28-8-10-32-64(59)87/h1-54H. The van der Waals surface area contributed by atoms with Crippen molar-refractivity contribution in [1.82, 2.24) is 29.9 Å². The lowest BCUT2D eigenvalue weighted by molar-refractivity contribution is 1.08. The van der Waals surface area contributed by atoms with Crippen molar-refractivity contribution in [3.63, 3.8) is 0 Å². The van der Waals surface area contributed by atoms with E-state index in [1.807, 2.05) is 24.3 Å². The van der Waals surface area contributed by atoms with Crippen molar-refractivity contribution >= 4 is 139 Å². The third-order valence-electron chi connectivity index (χ3n) is 20.7. The number of nitrogens with zero attached hydrogens (tertiary/aromatic N) is 6. The van der Waals surface area contributed by atoms with Crippen LogP contribution in [0.3, 0.4) is 0 Å². The van der Waals surface area contributed by atoms with Crippen LogP contribution in [0.2, 0.25) is 0 Å². The molecule has 18 aromatic carbocycles. The molecule has 0 N–H and O–H groups in total. The highest BCUT2D eigenvalue weighted by Gasteiger charge is 2.24. The first kappa shape index (κ1) is 56.9. The molecule has 0 aliphatic heterocycles. The van der Waals surface area contributed by atoms with Crippen molar-refractivity contribution in [1.29, 1.82) is 0 Å². The van der Waals surface area contributed by atoms with Gasteiger partial charge in [-0.05, 0) is 179 Å². The Morgan fingerprint density at radius 2 is 0.584 bits per heavy atom. The normalized spacial score (nSPS) is 12.0. The Morgan fingerprint density at radius 3 is 1.24 bits per heavy atom. The van der Waals surface area contributed by atoms with E-state index in [1.54, 1.807) is 11.3 Å². The van der Waals surface area contributed by atoms with Gasteiger partial charge in [-0.3, -0.25) is 0 Å². The van der Waals surface area contributed by atoms with Gasteiger partial charge in [0.25, 0.3) is 0 Å². The number of rotatable bonds is 8. The second-order valence-corrected chi connectivity index (χ2v) is 27.3. The van der Waals surface area contributed by atoms with Gasteiger partial charge in [0.1, 0.15) is 0 Å². The van der Waals surface area contributed by atoms with Crippen LogP contribution in [0, 0.1) is 0 Å². The zero-order valence-electron chi connectivity index (χ0n) is 54.3. The van der Waals surface area contributed by atoms with E-state index in [0.29, 0.717) is 34.9 Å². The first-order valence-electron chi connectivity index (χ1n) is 34.2. The molecule has 7 heteroatoms. The number of hydrogen-bond acceptors (Lipinski definition) is 7. The molecule has 0 amide bonds. The van der Waals surface area contributed by atoms with E-state index in [9.17, 15) is 0 Å². The van der Waals surface area contributed by atoms with Crippen LogP contribution in [-0.4, -0.2) is 29.9 Å². The Labute approximate surface area is 583 Å². The largest absolute Gasteiger partial charge is 0.208 e. The summed E-state index contributed by atoms with van der Waals surface area (Å²) < 4.78 is 2.38. The van der Waals surface area contributed by atoms with Crippen LogP contribution in [0.25, 0.3) is 218 Å². The molecule has 466 valence electrons. The van der Waals surface area contributed by atoms with Crippen LogP contribution < -0.4 is 0 Å².